The number of hydrogen-bond acceptors (Lipinski definition) is 8. The summed E-state index contributed by atoms with van der Waals surface area (Å²) in [5.41, 5.74) is 9.12. The SMILES string of the molecule is C/C=C\C=C(/C)c1ccn(-c2cc(N3CC[C@H]4OCC[C@]43N)nc(OCCc3ccccn3)n2)n1. The predicted molar refractivity (Wildman–Crippen MR) is 134 cm³/mol. The molecule has 3 aromatic heterocycles. The number of aromatic nitrogens is 5. The molecule has 2 fully saturated rings. The Labute approximate surface area is 205 Å². The quantitative estimate of drug-likeness (QED) is 0.497. The van der Waals surface area contributed by atoms with Gasteiger partial charge in [0.1, 0.15) is 11.5 Å². The molecule has 0 spiro atoms. The van der Waals surface area contributed by atoms with Crippen LogP contribution in [0, 0.1) is 0 Å². The molecule has 5 heterocycles. The third kappa shape index (κ3) is 4.82. The molecule has 0 amide bonds. The van der Waals surface area contributed by atoms with Gasteiger partial charge in [-0.1, -0.05) is 24.3 Å². The lowest BCUT2D eigenvalue weighted by molar-refractivity contribution is 0.0959. The van der Waals surface area contributed by atoms with Crippen LogP contribution in [0.2, 0.25) is 0 Å². The number of rotatable bonds is 8. The minimum absolute atomic E-state index is 0.00477. The summed E-state index contributed by atoms with van der Waals surface area (Å²) >= 11 is 0. The summed E-state index contributed by atoms with van der Waals surface area (Å²) in [6.07, 6.45) is 12.0. The van der Waals surface area contributed by atoms with Crippen molar-refractivity contribution in [3.05, 3.63) is 72.3 Å². The first-order valence-corrected chi connectivity index (χ1v) is 12.0. The van der Waals surface area contributed by atoms with Crippen LogP contribution >= 0.6 is 0 Å². The zero-order valence-electron chi connectivity index (χ0n) is 20.2. The van der Waals surface area contributed by atoms with Gasteiger partial charge in [-0.2, -0.15) is 15.1 Å². The van der Waals surface area contributed by atoms with Crippen LogP contribution in [0.5, 0.6) is 6.01 Å². The van der Waals surface area contributed by atoms with Gasteiger partial charge in [-0.05, 0) is 44.0 Å². The van der Waals surface area contributed by atoms with Gasteiger partial charge < -0.3 is 20.1 Å². The lowest BCUT2D eigenvalue weighted by Gasteiger charge is -2.34. The molecular weight excluding hydrogens is 442 g/mol. The van der Waals surface area contributed by atoms with Gasteiger partial charge in [0.25, 0.3) is 0 Å². The van der Waals surface area contributed by atoms with Crippen molar-refractivity contribution in [1.82, 2.24) is 24.7 Å². The second-order valence-electron chi connectivity index (χ2n) is 8.85. The maximum Gasteiger partial charge on any atom is 0.320 e. The number of pyridine rings is 1. The highest BCUT2D eigenvalue weighted by Gasteiger charge is 2.50. The minimum Gasteiger partial charge on any atom is -0.463 e. The van der Waals surface area contributed by atoms with Crippen molar-refractivity contribution in [3.8, 4) is 11.8 Å². The lowest BCUT2D eigenvalue weighted by Crippen LogP contribution is -2.56. The summed E-state index contributed by atoms with van der Waals surface area (Å²) in [6.45, 7) is 5.86. The van der Waals surface area contributed by atoms with E-state index in [1.54, 1.807) is 10.9 Å². The van der Waals surface area contributed by atoms with E-state index in [-0.39, 0.29) is 12.1 Å². The number of anilines is 1. The molecule has 0 radical (unpaired) electrons. The van der Waals surface area contributed by atoms with E-state index in [0.29, 0.717) is 25.5 Å². The van der Waals surface area contributed by atoms with Crippen molar-refractivity contribution in [2.75, 3.05) is 24.7 Å². The van der Waals surface area contributed by atoms with E-state index in [9.17, 15) is 0 Å². The summed E-state index contributed by atoms with van der Waals surface area (Å²) in [6, 6.07) is 10.0. The van der Waals surface area contributed by atoms with Crippen LogP contribution in [-0.2, 0) is 11.2 Å². The van der Waals surface area contributed by atoms with E-state index in [0.717, 1.165) is 42.2 Å². The fourth-order valence-corrected chi connectivity index (χ4v) is 4.60. The summed E-state index contributed by atoms with van der Waals surface area (Å²) in [7, 11) is 0. The molecule has 35 heavy (non-hydrogen) atoms. The summed E-state index contributed by atoms with van der Waals surface area (Å²) in [4.78, 5) is 15.9. The van der Waals surface area contributed by atoms with E-state index in [1.165, 1.54) is 0 Å². The first-order valence-electron chi connectivity index (χ1n) is 12.0. The molecule has 2 N–H and O–H groups in total. The molecule has 2 saturated heterocycles. The average Bonchev–Trinajstić information content (AvgIpc) is 3.58. The van der Waals surface area contributed by atoms with E-state index in [1.807, 2.05) is 68.6 Å². The summed E-state index contributed by atoms with van der Waals surface area (Å²) < 4.78 is 13.6. The number of allylic oxidation sites excluding steroid dienone is 4. The molecule has 9 nitrogen and oxygen atoms in total. The second-order valence-corrected chi connectivity index (χ2v) is 8.85. The molecule has 2 aliphatic heterocycles. The molecule has 0 unspecified atom stereocenters. The molecule has 3 aromatic rings. The van der Waals surface area contributed by atoms with Crippen molar-refractivity contribution in [3.63, 3.8) is 0 Å². The van der Waals surface area contributed by atoms with Gasteiger partial charge in [0.2, 0.25) is 0 Å². The van der Waals surface area contributed by atoms with Gasteiger partial charge in [-0.15, -0.1) is 0 Å². The normalized spacial score (nSPS) is 22.2. The Morgan fingerprint density at radius 3 is 3.00 bits per heavy atom. The maximum absolute atomic E-state index is 6.80. The van der Waals surface area contributed by atoms with Crippen LogP contribution in [0.3, 0.4) is 0 Å². The molecule has 9 heteroatoms. The summed E-state index contributed by atoms with van der Waals surface area (Å²) in [5, 5.41) is 4.74. The molecule has 0 aromatic carbocycles. The second kappa shape index (κ2) is 9.97. The fourth-order valence-electron chi connectivity index (χ4n) is 4.60. The Balaban J connectivity index is 1.45. The van der Waals surface area contributed by atoms with Crippen molar-refractivity contribution in [2.24, 2.45) is 5.73 Å². The highest BCUT2D eigenvalue weighted by Crippen LogP contribution is 2.38. The average molecular weight is 474 g/mol. The minimum atomic E-state index is -0.571. The Morgan fingerprint density at radius 1 is 1.29 bits per heavy atom. The number of hydrogen-bond donors (Lipinski definition) is 1. The van der Waals surface area contributed by atoms with Gasteiger partial charge in [0, 0.05) is 43.5 Å². The molecule has 2 atom stereocenters. The van der Waals surface area contributed by atoms with Crippen molar-refractivity contribution in [1.29, 1.82) is 0 Å². The predicted octanol–water partition coefficient (Wildman–Crippen LogP) is 3.31. The lowest BCUT2D eigenvalue weighted by atomic mass is 10.0. The Hall–Kier alpha value is -3.56. The van der Waals surface area contributed by atoms with E-state index >= 15 is 0 Å². The monoisotopic (exact) mass is 473 g/mol. The number of nitrogens with two attached hydrogens (primary N) is 1. The zero-order chi connectivity index (χ0) is 24.3. The van der Waals surface area contributed by atoms with Gasteiger partial charge in [-0.25, -0.2) is 4.68 Å². The zero-order valence-corrected chi connectivity index (χ0v) is 20.2. The highest BCUT2D eigenvalue weighted by molar-refractivity contribution is 5.62. The topological polar surface area (TPSA) is 104 Å². The van der Waals surface area contributed by atoms with Gasteiger partial charge in [0.15, 0.2) is 5.82 Å². The van der Waals surface area contributed by atoms with E-state index in [4.69, 9.17) is 25.3 Å². The number of nitrogens with zero attached hydrogens (tertiary/aromatic N) is 6. The van der Waals surface area contributed by atoms with Crippen molar-refractivity contribution < 1.29 is 9.47 Å². The van der Waals surface area contributed by atoms with Crippen LogP contribution in [0.4, 0.5) is 5.82 Å². The van der Waals surface area contributed by atoms with Crippen LogP contribution in [0.15, 0.2) is 61.0 Å². The molecule has 0 saturated carbocycles. The molecular formula is C26H31N7O2. The van der Waals surface area contributed by atoms with Gasteiger partial charge in [0.05, 0.1) is 25.0 Å². The molecule has 0 aliphatic carbocycles. The summed E-state index contributed by atoms with van der Waals surface area (Å²) in [5.74, 6) is 1.34. The van der Waals surface area contributed by atoms with Crippen LogP contribution in [0.1, 0.15) is 38.1 Å². The Morgan fingerprint density at radius 2 is 2.17 bits per heavy atom. The Kier molecular flexibility index (Phi) is 6.61. The number of ether oxygens (including phenoxy) is 2. The van der Waals surface area contributed by atoms with Gasteiger partial charge >= 0.3 is 6.01 Å². The molecule has 5 rings (SSSR count). The fraction of sp³-hybridized carbons (Fsp3) is 0.385. The largest absolute Gasteiger partial charge is 0.463 e. The third-order valence-electron chi connectivity index (χ3n) is 6.53. The smallest absolute Gasteiger partial charge is 0.320 e. The van der Waals surface area contributed by atoms with Crippen molar-refractivity contribution in [2.45, 2.75) is 44.9 Å². The maximum atomic E-state index is 6.80. The Bertz CT molecular complexity index is 1220. The van der Waals surface area contributed by atoms with Gasteiger partial charge in [-0.3, -0.25) is 4.98 Å². The van der Waals surface area contributed by atoms with Crippen LogP contribution in [-0.4, -0.2) is 56.3 Å². The first kappa shape index (κ1) is 23.2. The molecule has 182 valence electrons. The van der Waals surface area contributed by atoms with Crippen molar-refractivity contribution >= 4 is 11.4 Å². The van der Waals surface area contributed by atoms with E-state index in [2.05, 4.69) is 14.9 Å². The molecule has 2 aliphatic rings. The highest BCUT2D eigenvalue weighted by atomic mass is 16.5. The number of fused-ring (bicyclic) bond motifs is 1. The van der Waals surface area contributed by atoms with Crippen LogP contribution < -0.4 is 15.4 Å². The standard InChI is InChI=1S/C26H31N7O2/c1-3-4-7-19(2)21-9-15-33(31-21)24-18-23(32-14-10-22-26(32,27)12-17-34-22)29-25(30-24)35-16-11-20-8-5-6-13-28-20/h3-9,13,15,18,22H,10-12,14,16-17,27H2,1-2H3/b4-3-,19-7+/t22-,26-/m1/s1. The molecule has 0 bridgehead atoms. The first-order chi connectivity index (χ1) is 17.1. The van der Waals surface area contributed by atoms with Crippen LogP contribution in [0.25, 0.3) is 11.4 Å². The third-order valence-corrected chi connectivity index (χ3v) is 6.53. The van der Waals surface area contributed by atoms with E-state index < -0.39 is 5.66 Å².